The fourth-order valence-electron chi connectivity index (χ4n) is 2.11. The van der Waals surface area contributed by atoms with Crippen LogP contribution < -0.4 is 5.43 Å². The highest BCUT2D eigenvalue weighted by atomic mass is 35.5. The third-order valence-electron chi connectivity index (χ3n) is 3.02. The number of hydrogen-bond acceptors (Lipinski definition) is 2. The first-order chi connectivity index (χ1) is 9.08. The van der Waals surface area contributed by atoms with E-state index < -0.39 is 5.97 Å². The number of pyridine rings is 1. The van der Waals surface area contributed by atoms with Crippen LogP contribution in [0.15, 0.2) is 41.2 Å². The normalized spacial score (nSPS) is 11.0. The third kappa shape index (κ3) is 1.77. The Morgan fingerprint density at radius 2 is 1.84 bits per heavy atom. The molecule has 3 aromatic rings. The van der Waals surface area contributed by atoms with Crippen molar-refractivity contribution in [1.29, 1.82) is 0 Å². The average molecular weight is 274 g/mol. The van der Waals surface area contributed by atoms with Crippen LogP contribution in [0.1, 0.15) is 10.4 Å². The fourth-order valence-corrected chi connectivity index (χ4v) is 2.35. The lowest BCUT2D eigenvalue weighted by molar-refractivity contribution is 0.0697. The number of halogens is 1. The Labute approximate surface area is 112 Å². The summed E-state index contributed by atoms with van der Waals surface area (Å²) in [6.07, 6.45) is 0. The Balaban J connectivity index is 2.52. The number of carbonyl (C=O) groups is 1. The van der Waals surface area contributed by atoms with Crippen LogP contribution in [0.3, 0.4) is 0 Å². The van der Waals surface area contributed by atoms with Crippen molar-refractivity contribution in [1.82, 2.24) is 4.98 Å². The molecule has 0 radical (unpaired) electrons. The van der Waals surface area contributed by atoms with Crippen molar-refractivity contribution < 1.29 is 9.90 Å². The van der Waals surface area contributed by atoms with Gasteiger partial charge in [0.05, 0.1) is 16.1 Å². The van der Waals surface area contributed by atoms with Crippen molar-refractivity contribution >= 4 is 39.4 Å². The Bertz CT molecular complexity index is 883. The van der Waals surface area contributed by atoms with Crippen LogP contribution in [0.4, 0.5) is 0 Å². The van der Waals surface area contributed by atoms with Gasteiger partial charge in [-0.1, -0.05) is 23.7 Å². The van der Waals surface area contributed by atoms with E-state index in [4.69, 9.17) is 16.7 Å². The quantitative estimate of drug-likeness (QED) is 0.670. The summed E-state index contributed by atoms with van der Waals surface area (Å²) in [7, 11) is 0. The van der Waals surface area contributed by atoms with Crippen molar-refractivity contribution in [2.75, 3.05) is 0 Å². The molecule has 5 heteroatoms. The van der Waals surface area contributed by atoms with Crippen molar-refractivity contribution in [3.8, 4) is 0 Å². The largest absolute Gasteiger partial charge is 0.478 e. The summed E-state index contributed by atoms with van der Waals surface area (Å²) in [6.45, 7) is 0. The molecule has 0 amide bonds. The van der Waals surface area contributed by atoms with E-state index in [0.29, 0.717) is 21.8 Å². The smallest absolute Gasteiger partial charge is 0.337 e. The Hall–Kier alpha value is -2.33. The maximum atomic E-state index is 12.3. The van der Waals surface area contributed by atoms with Gasteiger partial charge in [0.1, 0.15) is 0 Å². The van der Waals surface area contributed by atoms with E-state index in [9.17, 15) is 9.59 Å². The van der Waals surface area contributed by atoms with E-state index in [1.54, 1.807) is 24.3 Å². The van der Waals surface area contributed by atoms with Crippen LogP contribution in [0, 0.1) is 0 Å². The molecule has 2 aromatic carbocycles. The van der Waals surface area contributed by atoms with Gasteiger partial charge in [-0.25, -0.2) is 4.79 Å². The molecule has 0 fully saturated rings. The van der Waals surface area contributed by atoms with Crippen LogP contribution in [0.25, 0.3) is 21.8 Å². The lowest BCUT2D eigenvalue weighted by atomic mass is 10.1. The number of fused-ring (bicyclic) bond motifs is 2. The van der Waals surface area contributed by atoms with Gasteiger partial charge in [-0.3, -0.25) is 4.79 Å². The number of para-hydroxylation sites is 1. The highest BCUT2D eigenvalue weighted by molar-refractivity contribution is 6.34. The highest BCUT2D eigenvalue weighted by Gasteiger charge is 2.13. The highest BCUT2D eigenvalue weighted by Crippen LogP contribution is 2.23. The van der Waals surface area contributed by atoms with Gasteiger partial charge in [0.25, 0.3) is 0 Å². The number of rotatable bonds is 1. The summed E-state index contributed by atoms with van der Waals surface area (Å²) in [4.78, 5) is 26.4. The molecule has 4 nitrogen and oxygen atoms in total. The van der Waals surface area contributed by atoms with Crippen LogP contribution >= 0.6 is 11.6 Å². The van der Waals surface area contributed by atoms with E-state index in [0.717, 1.165) is 0 Å². The third-order valence-corrected chi connectivity index (χ3v) is 3.34. The van der Waals surface area contributed by atoms with Crippen molar-refractivity contribution in [2.45, 2.75) is 0 Å². The first-order valence-corrected chi connectivity index (χ1v) is 5.93. The topological polar surface area (TPSA) is 70.2 Å². The fraction of sp³-hybridized carbons (Fsp3) is 0. The van der Waals surface area contributed by atoms with Crippen molar-refractivity contribution in [2.24, 2.45) is 0 Å². The second-order valence-corrected chi connectivity index (χ2v) is 4.59. The molecule has 1 heterocycles. The molecule has 1 aromatic heterocycles. The van der Waals surface area contributed by atoms with Gasteiger partial charge in [0.15, 0.2) is 5.43 Å². The molecule has 0 aliphatic carbocycles. The molecule has 0 unspecified atom stereocenters. The molecule has 0 aliphatic rings. The van der Waals surface area contributed by atoms with Gasteiger partial charge >= 0.3 is 5.97 Å². The van der Waals surface area contributed by atoms with Crippen molar-refractivity contribution in [3.63, 3.8) is 0 Å². The number of carboxylic acids is 1. The number of aromatic carboxylic acids is 1. The number of aromatic nitrogens is 1. The maximum absolute atomic E-state index is 12.3. The molecule has 3 rings (SSSR count). The molecule has 0 saturated heterocycles. The zero-order valence-corrected chi connectivity index (χ0v) is 10.4. The summed E-state index contributed by atoms with van der Waals surface area (Å²) in [5.41, 5.74) is 0.937. The summed E-state index contributed by atoms with van der Waals surface area (Å²) >= 11 is 5.89. The summed E-state index contributed by atoms with van der Waals surface area (Å²) in [5.74, 6) is -1.12. The summed E-state index contributed by atoms with van der Waals surface area (Å²) in [6, 6.07) is 9.84. The molecule has 94 valence electrons. The minimum absolute atomic E-state index is 0.0277. The van der Waals surface area contributed by atoms with E-state index >= 15 is 0 Å². The molecular weight excluding hydrogens is 266 g/mol. The number of hydrogen-bond donors (Lipinski definition) is 2. The molecule has 0 spiro atoms. The first-order valence-electron chi connectivity index (χ1n) is 5.55. The molecule has 0 aliphatic heterocycles. The lowest BCUT2D eigenvalue weighted by Crippen LogP contribution is -2.06. The second-order valence-electron chi connectivity index (χ2n) is 4.18. The van der Waals surface area contributed by atoms with Crippen LogP contribution in [0.5, 0.6) is 0 Å². The summed E-state index contributed by atoms with van der Waals surface area (Å²) < 4.78 is 0. The molecular formula is C14H8ClNO3. The van der Waals surface area contributed by atoms with E-state index in [1.807, 2.05) is 0 Å². The second kappa shape index (κ2) is 4.10. The molecule has 2 N–H and O–H groups in total. The number of aromatic amines is 1. The van der Waals surface area contributed by atoms with Gasteiger partial charge in [-0.2, -0.15) is 0 Å². The standard InChI is InChI=1S/C14H8ClNO3/c15-10-5-9-12(6-8(10)14(18)19)16-11-4-2-1-3-7(11)13(9)17/h1-6H,(H,16,17)(H,18,19). The van der Waals surface area contributed by atoms with E-state index in [1.165, 1.54) is 12.1 Å². The Kier molecular flexibility index (Phi) is 2.54. The Morgan fingerprint density at radius 1 is 1.11 bits per heavy atom. The zero-order chi connectivity index (χ0) is 13.6. The lowest BCUT2D eigenvalue weighted by Gasteiger charge is -2.05. The first kappa shape index (κ1) is 11.7. The number of H-pyrrole nitrogens is 1. The molecule has 19 heavy (non-hydrogen) atoms. The number of benzene rings is 2. The molecule has 0 atom stereocenters. The van der Waals surface area contributed by atoms with Gasteiger partial charge < -0.3 is 10.1 Å². The van der Waals surface area contributed by atoms with Gasteiger partial charge in [0.2, 0.25) is 0 Å². The minimum atomic E-state index is -1.12. The summed E-state index contributed by atoms with van der Waals surface area (Å²) in [5, 5.41) is 10.0. The van der Waals surface area contributed by atoms with Gasteiger partial charge in [0, 0.05) is 16.3 Å². The Morgan fingerprint density at radius 3 is 2.58 bits per heavy atom. The maximum Gasteiger partial charge on any atom is 0.337 e. The van der Waals surface area contributed by atoms with Crippen LogP contribution in [-0.2, 0) is 0 Å². The molecule has 0 bridgehead atoms. The minimum Gasteiger partial charge on any atom is -0.478 e. The van der Waals surface area contributed by atoms with Crippen LogP contribution in [-0.4, -0.2) is 16.1 Å². The molecule has 0 saturated carbocycles. The predicted molar refractivity (Wildman–Crippen MR) is 74.0 cm³/mol. The average Bonchev–Trinajstić information content (AvgIpc) is 2.39. The van der Waals surface area contributed by atoms with Crippen LogP contribution in [0.2, 0.25) is 5.02 Å². The van der Waals surface area contributed by atoms with E-state index in [2.05, 4.69) is 4.98 Å². The number of carboxylic acid groups (broad SMARTS) is 1. The van der Waals surface area contributed by atoms with Gasteiger partial charge in [-0.05, 0) is 24.3 Å². The predicted octanol–water partition coefficient (Wildman–Crippen LogP) is 3.03. The zero-order valence-electron chi connectivity index (χ0n) is 9.61. The SMILES string of the molecule is O=C(O)c1cc2[nH]c3ccccc3c(=O)c2cc1Cl. The van der Waals surface area contributed by atoms with Gasteiger partial charge in [-0.15, -0.1) is 0 Å². The van der Waals surface area contributed by atoms with E-state index in [-0.39, 0.29) is 16.0 Å². The number of nitrogens with one attached hydrogen (secondary N) is 1. The monoisotopic (exact) mass is 273 g/mol. The van der Waals surface area contributed by atoms with Crippen molar-refractivity contribution in [3.05, 3.63) is 57.2 Å².